The highest BCUT2D eigenvalue weighted by Gasteiger charge is 2.33. The van der Waals surface area contributed by atoms with Gasteiger partial charge in [0.25, 0.3) is 0 Å². The first kappa shape index (κ1) is 11.0. The Balaban J connectivity index is 2.10. The van der Waals surface area contributed by atoms with Crippen molar-refractivity contribution in [2.75, 3.05) is 7.11 Å². The fraction of sp³-hybridized carbons (Fsp3) is 0.308. The molecule has 3 rings (SSSR count). The molecule has 2 heterocycles. The Morgan fingerprint density at radius 1 is 1.44 bits per heavy atom. The van der Waals surface area contributed by atoms with Gasteiger partial charge in [-0.2, -0.15) is 5.10 Å². The molecule has 1 aliphatic rings. The number of esters is 1. The molecule has 1 fully saturated rings. The molecule has 0 amide bonds. The first-order chi connectivity index (χ1) is 8.81. The summed E-state index contributed by atoms with van der Waals surface area (Å²) in [5.74, 6) is 0.789. The molecule has 0 bridgehead atoms. The zero-order valence-corrected chi connectivity index (χ0v) is 10.0. The highest BCUT2D eigenvalue weighted by Crippen LogP contribution is 2.42. The number of nitrogens with zero attached hydrogens (tertiary/aromatic N) is 3. The monoisotopic (exact) mass is 243 g/mol. The standard InChI is InChI=1S/C13H13N3O2/c1-18-13(17)10-8-15-16(12(10)9-5-6-9)11-4-2-3-7-14-11/h2-4,7-9H,5-6H2,1H3. The van der Waals surface area contributed by atoms with Crippen LogP contribution in [0.15, 0.2) is 30.6 Å². The molecule has 0 atom stereocenters. The Hall–Kier alpha value is -2.17. The lowest BCUT2D eigenvalue weighted by Crippen LogP contribution is -2.08. The molecular weight excluding hydrogens is 230 g/mol. The van der Waals surface area contributed by atoms with E-state index in [0.29, 0.717) is 11.5 Å². The largest absolute Gasteiger partial charge is 0.465 e. The predicted octanol–water partition coefficient (Wildman–Crippen LogP) is 1.93. The van der Waals surface area contributed by atoms with Crippen LogP contribution in [0.4, 0.5) is 0 Å². The summed E-state index contributed by atoms with van der Waals surface area (Å²) in [5.41, 5.74) is 1.46. The summed E-state index contributed by atoms with van der Waals surface area (Å²) in [6.45, 7) is 0. The predicted molar refractivity (Wildman–Crippen MR) is 64.7 cm³/mol. The second kappa shape index (κ2) is 4.25. The van der Waals surface area contributed by atoms with Gasteiger partial charge in [-0.05, 0) is 25.0 Å². The van der Waals surface area contributed by atoms with Gasteiger partial charge in [-0.15, -0.1) is 0 Å². The van der Waals surface area contributed by atoms with Gasteiger partial charge in [-0.3, -0.25) is 0 Å². The number of rotatable bonds is 3. The molecule has 0 saturated heterocycles. The number of hydrogen-bond acceptors (Lipinski definition) is 4. The Morgan fingerprint density at radius 3 is 2.89 bits per heavy atom. The van der Waals surface area contributed by atoms with Crippen LogP contribution in [0.1, 0.15) is 34.8 Å². The molecule has 1 aliphatic carbocycles. The van der Waals surface area contributed by atoms with Crippen molar-refractivity contribution < 1.29 is 9.53 Å². The van der Waals surface area contributed by atoms with Gasteiger partial charge in [0.15, 0.2) is 5.82 Å². The van der Waals surface area contributed by atoms with Crippen LogP contribution in [0.2, 0.25) is 0 Å². The molecule has 18 heavy (non-hydrogen) atoms. The maximum absolute atomic E-state index is 11.7. The van der Waals surface area contributed by atoms with Crippen LogP contribution in [0.3, 0.4) is 0 Å². The smallest absolute Gasteiger partial charge is 0.341 e. The van der Waals surface area contributed by atoms with E-state index in [9.17, 15) is 4.79 Å². The first-order valence-corrected chi connectivity index (χ1v) is 5.89. The molecule has 0 aromatic carbocycles. The molecule has 2 aromatic heterocycles. The number of carbonyl (C=O) groups is 1. The van der Waals surface area contributed by atoms with Crippen LogP contribution >= 0.6 is 0 Å². The third kappa shape index (κ3) is 1.77. The third-order valence-corrected chi connectivity index (χ3v) is 3.04. The molecule has 1 saturated carbocycles. The number of ether oxygens (including phenoxy) is 1. The summed E-state index contributed by atoms with van der Waals surface area (Å²) in [5, 5.41) is 4.27. The van der Waals surface area contributed by atoms with Gasteiger partial charge in [0.05, 0.1) is 19.0 Å². The Labute approximate surface area is 104 Å². The van der Waals surface area contributed by atoms with Crippen LogP contribution in [0.25, 0.3) is 5.82 Å². The Bertz CT molecular complexity index is 573. The van der Waals surface area contributed by atoms with Gasteiger partial charge in [0.1, 0.15) is 5.56 Å². The quantitative estimate of drug-likeness (QED) is 0.773. The van der Waals surface area contributed by atoms with E-state index in [4.69, 9.17) is 4.74 Å². The van der Waals surface area contributed by atoms with Crippen molar-refractivity contribution in [1.82, 2.24) is 14.8 Å². The van der Waals surface area contributed by atoms with Crippen molar-refractivity contribution >= 4 is 5.97 Å². The topological polar surface area (TPSA) is 57.0 Å². The van der Waals surface area contributed by atoms with Crippen molar-refractivity contribution in [2.24, 2.45) is 0 Å². The number of carbonyl (C=O) groups excluding carboxylic acids is 1. The fourth-order valence-corrected chi connectivity index (χ4v) is 2.04. The van der Waals surface area contributed by atoms with E-state index in [1.54, 1.807) is 17.1 Å². The minimum atomic E-state index is -0.334. The Kier molecular flexibility index (Phi) is 2.59. The molecule has 5 heteroatoms. The Morgan fingerprint density at radius 2 is 2.28 bits per heavy atom. The van der Waals surface area contributed by atoms with Crippen molar-refractivity contribution in [1.29, 1.82) is 0 Å². The van der Waals surface area contributed by atoms with Crippen LogP contribution in [-0.2, 0) is 4.74 Å². The van der Waals surface area contributed by atoms with E-state index >= 15 is 0 Å². The zero-order valence-electron chi connectivity index (χ0n) is 10.0. The molecule has 5 nitrogen and oxygen atoms in total. The van der Waals surface area contributed by atoms with Gasteiger partial charge in [-0.25, -0.2) is 14.5 Å². The van der Waals surface area contributed by atoms with E-state index in [-0.39, 0.29) is 5.97 Å². The summed E-state index contributed by atoms with van der Waals surface area (Å²) in [7, 11) is 1.39. The van der Waals surface area contributed by atoms with Crippen molar-refractivity contribution in [3.63, 3.8) is 0 Å². The second-order valence-electron chi connectivity index (χ2n) is 4.31. The summed E-state index contributed by atoms with van der Waals surface area (Å²) in [6, 6.07) is 5.63. The van der Waals surface area contributed by atoms with E-state index in [1.807, 2.05) is 18.2 Å². The fourth-order valence-electron chi connectivity index (χ4n) is 2.04. The molecule has 92 valence electrons. The van der Waals surface area contributed by atoms with Gasteiger partial charge >= 0.3 is 5.97 Å². The van der Waals surface area contributed by atoms with Gasteiger partial charge in [-0.1, -0.05) is 6.07 Å². The van der Waals surface area contributed by atoms with Crippen molar-refractivity contribution in [2.45, 2.75) is 18.8 Å². The van der Waals surface area contributed by atoms with Crippen molar-refractivity contribution in [3.8, 4) is 5.82 Å². The number of aromatic nitrogens is 3. The molecule has 0 aliphatic heterocycles. The second-order valence-corrected chi connectivity index (χ2v) is 4.31. The lowest BCUT2D eigenvalue weighted by atomic mass is 10.2. The van der Waals surface area contributed by atoms with Crippen molar-refractivity contribution in [3.05, 3.63) is 41.9 Å². The summed E-state index contributed by atoms with van der Waals surface area (Å²) < 4.78 is 6.53. The molecule has 0 N–H and O–H groups in total. The van der Waals surface area contributed by atoms with Crippen LogP contribution in [-0.4, -0.2) is 27.8 Å². The SMILES string of the molecule is COC(=O)c1cnn(-c2ccccn2)c1C1CC1. The minimum absolute atomic E-state index is 0.334. The highest BCUT2D eigenvalue weighted by molar-refractivity contribution is 5.90. The van der Waals surface area contributed by atoms with Gasteiger partial charge < -0.3 is 4.74 Å². The third-order valence-electron chi connectivity index (χ3n) is 3.04. The van der Waals surface area contributed by atoms with E-state index in [1.165, 1.54) is 7.11 Å². The molecule has 0 radical (unpaired) electrons. The average Bonchev–Trinajstić information content (AvgIpc) is 3.17. The zero-order chi connectivity index (χ0) is 12.5. The van der Waals surface area contributed by atoms with E-state index in [2.05, 4.69) is 10.1 Å². The summed E-state index contributed by atoms with van der Waals surface area (Å²) in [4.78, 5) is 16.0. The number of pyridine rings is 1. The number of methoxy groups -OCH3 is 1. The molecule has 2 aromatic rings. The molecule has 0 spiro atoms. The van der Waals surface area contributed by atoms with Gasteiger partial charge in [0, 0.05) is 12.1 Å². The number of hydrogen-bond donors (Lipinski definition) is 0. The van der Waals surface area contributed by atoms with E-state index in [0.717, 1.165) is 24.4 Å². The molecule has 0 unspecified atom stereocenters. The molecular formula is C13H13N3O2. The maximum Gasteiger partial charge on any atom is 0.341 e. The van der Waals surface area contributed by atoms with Crippen LogP contribution < -0.4 is 0 Å². The summed E-state index contributed by atoms with van der Waals surface area (Å²) in [6.07, 6.45) is 5.45. The van der Waals surface area contributed by atoms with Crippen LogP contribution in [0.5, 0.6) is 0 Å². The van der Waals surface area contributed by atoms with Crippen LogP contribution in [0, 0.1) is 0 Å². The lowest BCUT2D eigenvalue weighted by Gasteiger charge is -2.06. The first-order valence-electron chi connectivity index (χ1n) is 5.89. The highest BCUT2D eigenvalue weighted by atomic mass is 16.5. The minimum Gasteiger partial charge on any atom is -0.465 e. The van der Waals surface area contributed by atoms with Gasteiger partial charge in [0.2, 0.25) is 0 Å². The summed E-state index contributed by atoms with van der Waals surface area (Å²) >= 11 is 0. The normalized spacial score (nSPS) is 14.5. The lowest BCUT2D eigenvalue weighted by molar-refractivity contribution is 0.0599. The maximum atomic E-state index is 11.7. The van der Waals surface area contributed by atoms with E-state index < -0.39 is 0 Å². The average molecular weight is 243 g/mol.